The monoisotopic (exact) mass is 382 g/mol. The fourth-order valence-electron chi connectivity index (χ4n) is 1.45. The molecule has 7 heteroatoms. The summed E-state index contributed by atoms with van der Waals surface area (Å²) in [5, 5.41) is 2.53. The molecule has 2 rings (SSSR count). The van der Waals surface area contributed by atoms with E-state index < -0.39 is 23.3 Å². The van der Waals surface area contributed by atoms with E-state index in [1.54, 1.807) is 22.6 Å². The third kappa shape index (κ3) is 2.91. The van der Waals surface area contributed by atoms with Crippen LogP contribution in [-0.2, 0) is 0 Å². The van der Waals surface area contributed by atoms with Crippen LogP contribution in [0.3, 0.4) is 0 Å². The van der Waals surface area contributed by atoms with E-state index in [-0.39, 0.29) is 17.1 Å². The molecule has 0 atom stereocenters. The topological polar surface area (TPSA) is 38.0 Å². The summed E-state index contributed by atoms with van der Waals surface area (Å²) in [6.45, 7) is 0. The number of benzene rings is 2. The van der Waals surface area contributed by atoms with Gasteiger partial charge in [-0.3, -0.25) is 0 Å². The van der Waals surface area contributed by atoms with Crippen molar-refractivity contribution in [3.8, 4) is 0 Å². The Morgan fingerprint density at radius 3 is 2.05 bits per heavy atom. The van der Waals surface area contributed by atoms with Gasteiger partial charge in [0.2, 0.25) is 0 Å². The van der Waals surface area contributed by atoms with Crippen molar-refractivity contribution < 1.29 is 17.6 Å². The molecule has 0 aliphatic carbocycles. The van der Waals surface area contributed by atoms with Gasteiger partial charge in [0.05, 0.1) is 14.9 Å². The van der Waals surface area contributed by atoms with Gasteiger partial charge in [-0.05, 0) is 28.7 Å². The number of anilines is 3. The van der Waals surface area contributed by atoms with Crippen LogP contribution in [0.1, 0.15) is 0 Å². The van der Waals surface area contributed by atoms with Gasteiger partial charge < -0.3 is 11.1 Å². The molecule has 0 aromatic heterocycles. The Morgan fingerprint density at radius 1 is 0.895 bits per heavy atom. The van der Waals surface area contributed by atoms with Crippen molar-refractivity contribution in [1.82, 2.24) is 0 Å². The number of nitrogens with one attached hydrogen (secondary N) is 1. The molecular formula is C12H7F4IN2. The molecule has 2 aromatic carbocycles. The van der Waals surface area contributed by atoms with Crippen molar-refractivity contribution in [3.05, 3.63) is 51.1 Å². The number of rotatable bonds is 2. The normalized spacial score (nSPS) is 10.6. The van der Waals surface area contributed by atoms with Crippen LogP contribution in [0.4, 0.5) is 34.6 Å². The molecule has 0 aliphatic heterocycles. The third-order valence-corrected chi connectivity index (χ3v) is 3.18. The van der Waals surface area contributed by atoms with Crippen LogP contribution in [-0.4, -0.2) is 0 Å². The first-order valence-corrected chi connectivity index (χ1v) is 6.12. The van der Waals surface area contributed by atoms with E-state index in [1.165, 1.54) is 6.07 Å². The standard InChI is InChI=1S/C12H7F4IN2/c13-6-3-11(10(18)4-9(6)17)19-5-1-7(14)12(16)8(15)2-5/h1-4,19H,18H2. The average Bonchev–Trinajstić information content (AvgIpc) is 2.33. The Labute approximate surface area is 119 Å². The number of hydrogen-bond acceptors (Lipinski definition) is 2. The van der Waals surface area contributed by atoms with Gasteiger partial charge in [-0.1, -0.05) is 0 Å². The van der Waals surface area contributed by atoms with E-state index in [4.69, 9.17) is 5.73 Å². The molecule has 0 heterocycles. The molecule has 0 bridgehead atoms. The molecule has 0 fully saturated rings. The summed E-state index contributed by atoms with van der Waals surface area (Å²) in [6, 6.07) is 3.98. The predicted octanol–water partition coefficient (Wildman–Crippen LogP) is 4.17. The van der Waals surface area contributed by atoms with E-state index in [9.17, 15) is 17.6 Å². The second-order valence-corrected chi connectivity index (χ2v) is 4.89. The van der Waals surface area contributed by atoms with Crippen LogP contribution in [0.5, 0.6) is 0 Å². The van der Waals surface area contributed by atoms with E-state index in [1.807, 2.05) is 0 Å². The van der Waals surface area contributed by atoms with Crippen molar-refractivity contribution in [2.24, 2.45) is 0 Å². The van der Waals surface area contributed by atoms with E-state index in [2.05, 4.69) is 5.32 Å². The lowest BCUT2D eigenvalue weighted by Crippen LogP contribution is -2.00. The molecule has 0 spiro atoms. The number of hydrogen-bond donors (Lipinski definition) is 2. The summed E-state index contributed by atoms with van der Waals surface area (Å²) in [5.74, 6) is -4.77. The van der Waals surface area contributed by atoms with Gasteiger partial charge in [0, 0.05) is 23.9 Å². The number of nitrogen functional groups attached to an aromatic ring is 1. The number of halogens is 5. The predicted molar refractivity (Wildman–Crippen MR) is 73.1 cm³/mol. The fourth-order valence-corrected chi connectivity index (χ4v) is 1.94. The highest BCUT2D eigenvalue weighted by atomic mass is 127. The van der Waals surface area contributed by atoms with Crippen molar-refractivity contribution >= 4 is 39.7 Å². The van der Waals surface area contributed by atoms with Gasteiger partial charge in [0.1, 0.15) is 5.82 Å². The smallest absolute Gasteiger partial charge is 0.194 e. The molecule has 0 amide bonds. The lowest BCUT2D eigenvalue weighted by Gasteiger charge is -2.11. The first-order chi connectivity index (χ1) is 8.88. The second kappa shape index (κ2) is 5.24. The van der Waals surface area contributed by atoms with Crippen LogP contribution in [0, 0.1) is 26.8 Å². The molecule has 19 heavy (non-hydrogen) atoms. The third-order valence-electron chi connectivity index (χ3n) is 2.36. The molecular weight excluding hydrogens is 375 g/mol. The van der Waals surface area contributed by atoms with Gasteiger partial charge in [-0.2, -0.15) is 0 Å². The van der Waals surface area contributed by atoms with E-state index in [0.29, 0.717) is 3.57 Å². The molecule has 0 saturated carbocycles. The molecule has 100 valence electrons. The van der Waals surface area contributed by atoms with Gasteiger partial charge >= 0.3 is 0 Å². The summed E-state index contributed by atoms with van der Waals surface area (Å²) >= 11 is 1.76. The van der Waals surface area contributed by atoms with Crippen LogP contribution < -0.4 is 11.1 Å². The molecule has 0 radical (unpaired) electrons. The minimum absolute atomic E-state index is 0.0660. The maximum absolute atomic E-state index is 13.4. The fraction of sp³-hybridized carbons (Fsp3) is 0. The van der Waals surface area contributed by atoms with Gasteiger partial charge in [-0.25, -0.2) is 17.6 Å². The van der Waals surface area contributed by atoms with Gasteiger partial charge in [0.15, 0.2) is 17.5 Å². The Bertz CT molecular complexity index is 623. The SMILES string of the molecule is Nc1cc(I)c(F)cc1Nc1cc(F)c(F)c(F)c1. The van der Waals surface area contributed by atoms with Crippen LogP contribution in [0.2, 0.25) is 0 Å². The Kier molecular flexibility index (Phi) is 3.83. The van der Waals surface area contributed by atoms with Gasteiger partial charge in [-0.15, -0.1) is 0 Å². The summed E-state index contributed by atoms with van der Waals surface area (Å²) in [7, 11) is 0. The minimum Gasteiger partial charge on any atom is -0.397 e. The first kappa shape index (κ1) is 13.9. The van der Waals surface area contributed by atoms with E-state index in [0.717, 1.165) is 18.2 Å². The highest BCUT2D eigenvalue weighted by Gasteiger charge is 2.12. The molecule has 2 nitrogen and oxygen atoms in total. The summed E-state index contributed by atoms with van der Waals surface area (Å²) in [5.41, 5.74) is 5.93. The van der Waals surface area contributed by atoms with Crippen LogP contribution >= 0.6 is 22.6 Å². The zero-order valence-electron chi connectivity index (χ0n) is 9.28. The maximum atomic E-state index is 13.4. The van der Waals surface area contributed by atoms with Crippen LogP contribution in [0.15, 0.2) is 24.3 Å². The molecule has 2 aromatic rings. The number of nitrogens with two attached hydrogens (primary N) is 1. The van der Waals surface area contributed by atoms with Crippen molar-refractivity contribution in [1.29, 1.82) is 0 Å². The Balaban J connectivity index is 2.39. The summed E-state index contributed by atoms with van der Waals surface area (Å²) in [6.07, 6.45) is 0. The molecule has 3 N–H and O–H groups in total. The van der Waals surface area contributed by atoms with Crippen molar-refractivity contribution in [2.75, 3.05) is 11.1 Å². The molecule has 0 unspecified atom stereocenters. The Morgan fingerprint density at radius 2 is 1.47 bits per heavy atom. The zero-order chi connectivity index (χ0) is 14.2. The second-order valence-electron chi connectivity index (χ2n) is 3.73. The van der Waals surface area contributed by atoms with Crippen molar-refractivity contribution in [2.45, 2.75) is 0 Å². The highest BCUT2D eigenvalue weighted by molar-refractivity contribution is 14.1. The average molecular weight is 382 g/mol. The first-order valence-electron chi connectivity index (χ1n) is 5.04. The molecule has 0 saturated heterocycles. The molecule has 0 aliphatic rings. The minimum atomic E-state index is -1.56. The summed E-state index contributed by atoms with van der Waals surface area (Å²) < 4.78 is 52.5. The largest absolute Gasteiger partial charge is 0.397 e. The zero-order valence-corrected chi connectivity index (χ0v) is 11.4. The quantitative estimate of drug-likeness (QED) is 0.354. The van der Waals surface area contributed by atoms with Crippen LogP contribution in [0.25, 0.3) is 0 Å². The van der Waals surface area contributed by atoms with E-state index >= 15 is 0 Å². The lowest BCUT2D eigenvalue weighted by molar-refractivity contribution is 0.448. The van der Waals surface area contributed by atoms with Crippen molar-refractivity contribution in [3.63, 3.8) is 0 Å². The Hall–Kier alpha value is -1.51. The highest BCUT2D eigenvalue weighted by Crippen LogP contribution is 2.28. The summed E-state index contributed by atoms with van der Waals surface area (Å²) in [4.78, 5) is 0. The maximum Gasteiger partial charge on any atom is 0.194 e. The van der Waals surface area contributed by atoms with Gasteiger partial charge in [0.25, 0.3) is 0 Å². The lowest BCUT2D eigenvalue weighted by atomic mass is 10.2.